The lowest BCUT2D eigenvalue weighted by molar-refractivity contribution is -0.125. The van der Waals surface area contributed by atoms with Crippen molar-refractivity contribution in [3.8, 4) is 11.8 Å². The van der Waals surface area contributed by atoms with Crippen molar-refractivity contribution in [2.75, 3.05) is 37.9 Å². The fourth-order valence-electron chi connectivity index (χ4n) is 4.67. The molecule has 0 bridgehead atoms. The summed E-state index contributed by atoms with van der Waals surface area (Å²) < 4.78 is 17.4. The molecule has 0 saturated carbocycles. The van der Waals surface area contributed by atoms with Gasteiger partial charge in [-0.05, 0) is 57.9 Å². The van der Waals surface area contributed by atoms with Crippen molar-refractivity contribution in [3.63, 3.8) is 0 Å². The summed E-state index contributed by atoms with van der Waals surface area (Å²) in [5.74, 6) is 6.17. The fraction of sp³-hybridized carbons (Fsp3) is 0.500. The highest BCUT2D eigenvalue weighted by atomic mass is 16.5. The Labute approximate surface area is 233 Å². The number of hydrogen-bond donors (Lipinski definition) is 1. The van der Waals surface area contributed by atoms with Crippen molar-refractivity contribution in [2.45, 2.75) is 71.6 Å². The van der Waals surface area contributed by atoms with Gasteiger partial charge in [-0.3, -0.25) is 9.59 Å². The highest BCUT2D eigenvalue weighted by Crippen LogP contribution is 2.26. The maximum absolute atomic E-state index is 13.3. The summed E-state index contributed by atoms with van der Waals surface area (Å²) >= 11 is 0. The van der Waals surface area contributed by atoms with Gasteiger partial charge in [-0.2, -0.15) is 0 Å². The molecule has 0 radical (unpaired) electrons. The first-order chi connectivity index (χ1) is 18.8. The van der Waals surface area contributed by atoms with Gasteiger partial charge in [-0.15, -0.1) is 0 Å². The van der Waals surface area contributed by atoms with Gasteiger partial charge in [0, 0.05) is 56.8 Å². The van der Waals surface area contributed by atoms with E-state index >= 15 is 0 Å². The molecule has 39 heavy (non-hydrogen) atoms. The van der Waals surface area contributed by atoms with Gasteiger partial charge in [0.25, 0.3) is 0 Å². The van der Waals surface area contributed by atoms with Gasteiger partial charge in [-0.1, -0.05) is 42.2 Å². The predicted octanol–water partition coefficient (Wildman–Crippen LogP) is 4.85. The van der Waals surface area contributed by atoms with Crippen LogP contribution in [0.25, 0.3) is 0 Å². The van der Waals surface area contributed by atoms with E-state index in [1.54, 1.807) is 4.90 Å². The molecule has 210 valence electrons. The first-order valence-corrected chi connectivity index (χ1v) is 13.9. The van der Waals surface area contributed by atoms with Crippen molar-refractivity contribution >= 4 is 17.5 Å². The average Bonchev–Trinajstić information content (AvgIpc) is 2.90. The van der Waals surface area contributed by atoms with Crippen molar-refractivity contribution in [2.24, 2.45) is 0 Å². The van der Waals surface area contributed by atoms with Crippen LogP contribution in [0.3, 0.4) is 0 Å². The quantitative estimate of drug-likeness (QED) is 0.261. The number of fused-ring (bicyclic) bond motifs is 2. The summed E-state index contributed by atoms with van der Waals surface area (Å²) in [6.45, 7) is 11.3. The molecule has 2 aromatic rings. The van der Waals surface area contributed by atoms with Gasteiger partial charge < -0.3 is 24.4 Å². The van der Waals surface area contributed by atoms with Crippen LogP contribution in [0.4, 0.5) is 5.69 Å². The molecule has 0 aromatic heterocycles. The van der Waals surface area contributed by atoms with Crippen LogP contribution in [0.5, 0.6) is 0 Å². The number of nitrogens with one attached hydrogen (secondary N) is 1. The Morgan fingerprint density at radius 3 is 2.49 bits per heavy atom. The van der Waals surface area contributed by atoms with Gasteiger partial charge >= 0.3 is 0 Å². The monoisotopic (exact) mass is 534 g/mol. The number of amides is 2. The van der Waals surface area contributed by atoms with Gasteiger partial charge in [0.05, 0.1) is 30.5 Å². The normalized spacial score (nSPS) is 13.3. The minimum atomic E-state index is -0.269. The molecule has 2 amide bonds. The fourth-order valence-corrected chi connectivity index (χ4v) is 4.67. The van der Waals surface area contributed by atoms with E-state index in [1.807, 2.05) is 62.4 Å². The molecule has 1 unspecified atom stereocenters. The van der Waals surface area contributed by atoms with E-state index in [4.69, 9.17) is 14.2 Å². The molecule has 1 aliphatic rings. The van der Waals surface area contributed by atoms with Gasteiger partial charge in [0.1, 0.15) is 0 Å². The summed E-state index contributed by atoms with van der Waals surface area (Å²) in [7, 11) is 0. The maximum Gasteiger partial charge on any atom is 0.227 e. The molecule has 0 saturated heterocycles. The van der Waals surface area contributed by atoms with E-state index in [2.05, 4.69) is 31.0 Å². The lowest BCUT2D eigenvalue weighted by Gasteiger charge is -2.29. The third-order valence-corrected chi connectivity index (χ3v) is 6.49. The summed E-state index contributed by atoms with van der Waals surface area (Å²) in [5, 5.41) is 2.90. The molecular weight excluding hydrogens is 492 g/mol. The largest absolute Gasteiger partial charge is 0.379 e. The number of carbonyl (C=O) groups is 2. The molecule has 7 heteroatoms. The van der Waals surface area contributed by atoms with Crippen LogP contribution in [0, 0.1) is 11.8 Å². The zero-order valence-electron chi connectivity index (χ0n) is 23.8. The van der Waals surface area contributed by atoms with E-state index in [0.29, 0.717) is 45.9 Å². The van der Waals surface area contributed by atoms with Crippen LogP contribution < -0.4 is 10.2 Å². The summed E-state index contributed by atoms with van der Waals surface area (Å²) in [5.41, 5.74) is 3.21. The second kappa shape index (κ2) is 15.4. The number of carbonyl (C=O) groups excluding carboxylic acids is 2. The number of nitrogens with zero attached hydrogens (tertiary/aromatic N) is 1. The minimum Gasteiger partial charge on any atom is -0.379 e. The molecule has 1 atom stereocenters. The van der Waals surface area contributed by atoms with E-state index < -0.39 is 0 Å². The Balaban J connectivity index is 1.42. The zero-order valence-corrected chi connectivity index (χ0v) is 23.8. The third kappa shape index (κ3) is 9.81. The number of ether oxygens (including phenoxy) is 3. The molecule has 1 aliphatic heterocycles. The number of benzene rings is 2. The van der Waals surface area contributed by atoms with Gasteiger partial charge in [-0.25, -0.2) is 0 Å². The van der Waals surface area contributed by atoms with Crippen molar-refractivity contribution in [1.82, 2.24) is 5.32 Å². The average molecular weight is 535 g/mol. The zero-order chi connectivity index (χ0) is 28.1. The Kier molecular flexibility index (Phi) is 12.0. The number of anilines is 1. The molecule has 0 spiro atoms. The highest BCUT2D eigenvalue weighted by molar-refractivity contribution is 5.96. The van der Waals surface area contributed by atoms with Crippen molar-refractivity contribution < 1.29 is 23.8 Å². The minimum absolute atomic E-state index is 0.0384. The number of rotatable bonds is 15. The smallest absolute Gasteiger partial charge is 0.227 e. The summed E-state index contributed by atoms with van der Waals surface area (Å²) in [6, 6.07) is 15.5. The Bertz CT molecular complexity index is 1150. The molecule has 7 nitrogen and oxygen atoms in total. The molecule has 0 fully saturated rings. The van der Waals surface area contributed by atoms with Crippen LogP contribution >= 0.6 is 0 Å². The summed E-state index contributed by atoms with van der Waals surface area (Å²) in [4.78, 5) is 27.5. The molecule has 0 aliphatic carbocycles. The molecule has 2 aromatic carbocycles. The SMILES string of the molecule is CCOC(COCCCNC(=O)CCC(=O)N1Cc2ccccc2C#Cc2ccccc21)CC(C)(C)OCC. The highest BCUT2D eigenvalue weighted by Gasteiger charge is 2.24. The van der Waals surface area contributed by atoms with Crippen LogP contribution in [0.2, 0.25) is 0 Å². The van der Waals surface area contributed by atoms with E-state index in [9.17, 15) is 9.59 Å². The Morgan fingerprint density at radius 2 is 1.72 bits per heavy atom. The first-order valence-electron chi connectivity index (χ1n) is 13.9. The van der Waals surface area contributed by atoms with Crippen LogP contribution in [-0.2, 0) is 30.3 Å². The number of para-hydroxylation sites is 1. The molecule has 3 rings (SSSR count). The lowest BCUT2D eigenvalue weighted by Crippen LogP contribution is -2.34. The lowest BCUT2D eigenvalue weighted by atomic mass is 10.0. The topological polar surface area (TPSA) is 77.1 Å². The van der Waals surface area contributed by atoms with Crippen LogP contribution in [0.15, 0.2) is 48.5 Å². The molecule has 1 N–H and O–H groups in total. The molecular formula is C32H42N2O5. The van der Waals surface area contributed by atoms with E-state index in [1.165, 1.54) is 0 Å². The number of hydrogen-bond acceptors (Lipinski definition) is 5. The van der Waals surface area contributed by atoms with Gasteiger partial charge in [0.15, 0.2) is 0 Å². The summed E-state index contributed by atoms with van der Waals surface area (Å²) in [6.07, 6.45) is 1.65. The van der Waals surface area contributed by atoms with Crippen molar-refractivity contribution in [3.05, 3.63) is 65.2 Å². The second-order valence-electron chi connectivity index (χ2n) is 10.2. The van der Waals surface area contributed by atoms with E-state index in [-0.39, 0.29) is 36.4 Å². The molecule has 1 heterocycles. The Hall–Kier alpha value is -3.18. The third-order valence-electron chi connectivity index (χ3n) is 6.49. The predicted molar refractivity (Wildman–Crippen MR) is 153 cm³/mol. The van der Waals surface area contributed by atoms with Crippen LogP contribution in [0.1, 0.15) is 70.1 Å². The van der Waals surface area contributed by atoms with Crippen molar-refractivity contribution in [1.29, 1.82) is 0 Å². The first kappa shape index (κ1) is 30.4. The van der Waals surface area contributed by atoms with E-state index in [0.717, 1.165) is 28.8 Å². The standard InChI is InChI=1S/C32H42N2O5/c1-5-38-28(22-32(3,4)39-6-2)24-37-21-11-20-33-30(35)18-19-31(36)34-23-27-14-8-7-12-25(27)16-17-26-13-9-10-15-29(26)34/h7-10,12-15,28H,5-6,11,18-24H2,1-4H3,(H,33,35). The maximum atomic E-state index is 13.3. The Morgan fingerprint density at radius 1 is 1.00 bits per heavy atom. The van der Waals surface area contributed by atoms with Gasteiger partial charge in [0.2, 0.25) is 11.8 Å². The second-order valence-corrected chi connectivity index (χ2v) is 10.2. The van der Waals surface area contributed by atoms with Crippen LogP contribution in [-0.4, -0.2) is 56.5 Å².